The predicted octanol–water partition coefficient (Wildman–Crippen LogP) is 0.582. The van der Waals surface area contributed by atoms with Crippen molar-refractivity contribution in [3.8, 4) is 0 Å². The molecule has 2 rings (SSSR count). The van der Waals surface area contributed by atoms with Gasteiger partial charge < -0.3 is 11.5 Å². The number of rotatable bonds is 2. The second-order valence-electron chi connectivity index (χ2n) is 2.62. The maximum atomic E-state index is 5.53. The summed E-state index contributed by atoms with van der Waals surface area (Å²) in [5, 5.41) is 1.22. The molecule has 0 amide bonds. The van der Waals surface area contributed by atoms with Crippen molar-refractivity contribution >= 4 is 23.5 Å². The Morgan fingerprint density at radius 2 is 1.80 bits per heavy atom. The Balaban J connectivity index is 2.25. The zero-order chi connectivity index (χ0) is 10.7. The van der Waals surface area contributed by atoms with Crippen molar-refractivity contribution < 1.29 is 0 Å². The lowest BCUT2D eigenvalue weighted by Crippen LogP contribution is -2.00. The second-order valence-corrected chi connectivity index (χ2v) is 3.61. The van der Waals surface area contributed by atoms with Crippen LogP contribution in [0.5, 0.6) is 0 Å². The molecule has 0 aliphatic heterocycles. The Morgan fingerprint density at radius 1 is 1.07 bits per heavy atom. The summed E-state index contributed by atoms with van der Waals surface area (Å²) in [6.45, 7) is 0. The number of nitrogens with two attached hydrogens (primary N) is 2. The molecule has 6 nitrogen and oxygen atoms in total. The van der Waals surface area contributed by atoms with E-state index in [2.05, 4.69) is 19.9 Å². The van der Waals surface area contributed by atoms with E-state index in [1.807, 2.05) is 0 Å². The smallest absolute Gasteiger partial charge is 0.223 e. The molecule has 15 heavy (non-hydrogen) atoms. The molecule has 0 saturated carbocycles. The summed E-state index contributed by atoms with van der Waals surface area (Å²) in [4.78, 5) is 15.9. The van der Waals surface area contributed by atoms with Gasteiger partial charge in [-0.15, -0.1) is 0 Å². The molecule has 0 unspecified atom stereocenters. The fraction of sp³-hybridized carbons (Fsp3) is 0. The third kappa shape index (κ3) is 2.53. The van der Waals surface area contributed by atoms with Gasteiger partial charge in [-0.05, 0) is 17.8 Å². The summed E-state index contributed by atoms with van der Waals surface area (Å²) in [6, 6.07) is 3.37. The Labute approximate surface area is 90.2 Å². The second kappa shape index (κ2) is 4.09. The number of nitrogen functional groups attached to an aromatic ring is 2. The maximum absolute atomic E-state index is 5.53. The van der Waals surface area contributed by atoms with E-state index in [-0.39, 0.29) is 5.95 Å². The Kier molecular flexibility index (Phi) is 2.64. The largest absolute Gasteiger partial charge is 0.383 e. The summed E-state index contributed by atoms with van der Waals surface area (Å²) in [6.07, 6.45) is 3.31. The minimum absolute atomic E-state index is 0.147. The minimum atomic E-state index is 0.147. The van der Waals surface area contributed by atoms with Crippen LogP contribution in [0.3, 0.4) is 0 Å². The number of hydrogen-bond donors (Lipinski definition) is 2. The Bertz CT molecular complexity index is 440. The number of hydrogen-bond acceptors (Lipinski definition) is 7. The third-order valence-corrected chi connectivity index (χ3v) is 2.29. The average molecular weight is 220 g/mol. The van der Waals surface area contributed by atoms with Crippen molar-refractivity contribution in [1.82, 2.24) is 19.9 Å². The topological polar surface area (TPSA) is 104 Å². The van der Waals surface area contributed by atoms with Gasteiger partial charge in [-0.2, -0.15) is 4.98 Å². The van der Waals surface area contributed by atoms with E-state index in [1.54, 1.807) is 24.5 Å². The quantitative estimate of drug-likeness (QED) is 0.563. The molecule has 7 heteroatoms. The van der Waals surface area contributed by atoms with Gasteiger partial charge in [0.25, 0.3) is 0 Å². The van der Waals surface area contributed by atoms with E-state index in [1.165, 1.54) is 11.8 Å². The van der Waals surface area contributed by atoms with Crippen molar-refractivity contribution in [3.63, 3.8) is 0 Å². The molecule has 76 valence electrons. The summed E-state index contributed by atoms with van der Waals surface area (Å²) in [5.74, 6) is 0.481. The van der Waals surface area contributed by atoms with Crippen LogP contribution in [0, 0.1) is 0 Å². The first kappa shape index (κ1) is 9.66. The fourth-order valence-electron chi connectivity index (χ4n) is 0.945. The Morgan fingerprint density at radius 3 is 2.47 bits per heavy atom. The molecule has 2 aromatic rings. The highest BCUT2D eigenvalue weighted by Gasteiger charge is 2.03. The van der Waals surface area contributed by atoms with Crippen LogP contribution in [0.4, 0.5) is 11.8 Å². The van der Waals surface area contributed by atoms with Gasteiger partial charge in [-0.3, -0.25) is 0 Å². The lowest BCUT2D eigenvalue weighted by Gasteiger charge is -2.00. The van der Waals surface area contributed by atoms with Gasteiger partial charge in [0.15, 0.2) is 5.16 Å². The summed E-state index contributed by atoms with van der Waals surface area (Å²) in [7, 11) is 0. The van der Waals surface area contributed by atoms with Gasteiger partial charge in [0.2, 0.25) is 5.95 Å². The highest BCUT2D eigenvalue weighted by atomic mass is 32.2. The minimum Gasteiger partial charge on any atom is -0.383 e. The van der Waals surface area contributed by atoms with Crippen LogP contribution in [-0.4, -0.2) is 19.9 Å². The van der Waals surface area contributed by atoms with E-state index in [0.717, 1.165) is 0 Å². The van der Waals surface area contributed by atoms with Crippen molar-refractivity contribution in [2.75, 3.05) is 11.5 Å². The summed E-state index contributed by atoms with van der Waals surface area (Å²) in [5.41, 5.74) is 11.0. The SMILES string of the molecule is Nc1cc(Sc2ncccn2)nc(N)n1. The molecule has 2 aromatic heterocycles. The van der Waals surface area contributed by atoms with E-state index < -0.39 is 0 Å². The zero-order valence-electron chi connectivity index (χ0n) is 7.66. The number of aromatic nitrogens is 4. The Hall–Kier alpha value is -1.89. The first-order valence-electron chi connectivity index (χ1n) is 4.09. The van der Waals surface area contributed by atoms with E-state index in [4.69, 9.17) is 11.5 Å². The van der Waals surface area contributed by atoms with Gasteiger partial charge in [-0.25, -0.2) is 15.0 Å². The summed E-state index contributed by atoms with van der Waals surface area (Å²) >= 11 is 1.28. The van der Waals surface area contributed by atoms with Crippen molar-refractivity contribution in [2.45, 2.75) is 10.2 Å². The van der Waals surface area contributed by atoms with Gasteiger partial charge in [0.05, 0.1) is 0 Å². The number of nitrogens with zero attached hydrogens (tertiary/aromatic N) is 4. The molecule has 0 aromatic carbocycles. The molecule has 0 bridgehead atoms. The van der Waals surface area contributed by atoms with Crippen LogP contribution in [-0.2, 0) is 0 Å². The van der Waals surface area contributed by atoms with Gasteiger partial charge in [0, 0.05) is 18.5 Å². The van der Waals surface area contributed by atoms with E-state index >= 15 is 0 Å². The van der Waals surface area contributed by atoms with Crippen LogP contribution >= 0.6 is 11.8 Å². The molecule has 0 spiro atoms. The van der Waals surface area contributed by atoms with E-state index in [9.17, 15) is 0 Å². The predicted molar refractivity (Wildman–Crippen MR) is 57.0 cm³/mol. The molecule has 2 heterocycles. The first-order valence-corrected chi connectivity index (χ1v) is 4.90. The number of anilines is 2. The van der Waals surface area contributed by atoms with Crippen molar-refractivity contribution in [1.29, 1.82) is 0 Å². The molecule has 0 aliphatic carbocycles. The fourth-order valence-corrected chi connectivity index (χ4v) is 1.68. The summed E-state index contributed by atoms with van der Waals surface area (Å²) < 4.78 is 0. The monoisotopic (exact) mass is 220 g/mol. The van der Waals surface area contributed by atoms with Gasteiger partial charge in [-0.1, -0.05) is 0 Å². The highest BCUT2D eigenvalue weighted by molar-refractivity contribution is 7.99. The average Bonchev–Trinajstić information content (AvgIpc) is 2.17. The highest BCUT2D eigenvalue weighted by Crippen LogP contribution is 2.23. The molecule has 0 fully saturated rings. The van der Waals surface area contributed by atoms with E-state index in [0.29, 0.717) is 16.0 Å². The molecule has 0 aliphatic rings. The lowest BCUT2D eigenvalue weighted by molar-refractivity contribution is 0.958. The van der Waals surface area contributed by atoms with Gasteiger partial charge >= 0.3 is 0 Å². The van der Waals surface area contributed by atoms with Crippen molar-refractivity contribution in [2.24, 2.45) is 0 Å². The maximum Gasteiger partial charge on any atom is 0.223 e. The van der Waals surface area contributed by atoms with Crippen molar-refractivity contribution in [3.05, 3.63) is 24.5 Å². The standard InChI is InChI=1S/C8H8N6S/c9-5-4-6(14-7(10)13-5)15-8-11-2-1-3-12-8/h1-4H,(H4,9,10,13,14). The van der Waals surface area contributed by atoms with Crippen LogP contribution in [0.25, 0.3) is 0 Å². The third-order valence-electron chi connectivity index (χ3n) is 1.48. The molecular weight excluding hydrogens is 212 g/mol. The molecule has 0 radical (unpaired) electrons. The lowest BCUT2D eigenvalue weighted by atomic mass is 10.6. The zero-order valence-corrected chi connectivity index (χ0v) is 8.48. The molecule has 0 atom stereocenters. The van der Waals surface area contributed by atoms with Crippen LogP contribution in [0.15, 0.2) is 34.7 Å². The molecule has 0 saturated heterocycles. The van der Waals surface area contributed by atoms with Gasteiger partial charge in [0.1, 0.15) is 10.8 Å². The molecule has 4 N–H and O–H groups in total. The molecular formula is C8H8N6S. The first-order chi connectivity index (χ1) is 7.24. The van der Waals surface area contributed by atoms with Crippen LogP contribution < -0.4 is 11.5 Å². The normalized spacial score (nSPS) is 10.1. The van der Waals surface area contributed by atoms with Crippen LogP contribution in [0.1, 0.15) is 0 Å². The van der Waals surface area contributed by atoms with Crippen LogP contribution in [0.2, 0.25) is 0 Å².